The van der Waals surface area contributed by atoms with E-state index < -0.39 is 0 Å². The Bertz CT molecular complexity index is 899. The molecule has 2 aromatic rings. The predicted octanol–water partition coefficient (Wildman–Crippen LogP) is 5.57. The maximum Gasteiger partial charge on any atom is 0.227 e. The Morgan fingerprint density at radius 3 is 2.59 bits per heavy atom. The van der Waals surface area contributed by atoms with E-state index in [4.69, 9.17) is 11.6 Å². The first-order valence-corrected chi connectivity index (χ1v) is 11.1. The van der Waals surface area contributed by atoms with Crippen LogP contribution in [0.3, 0.4) is 0 Å². The molecule has 0 radical (unpaired) electrons. The highest BCUT2D eigenvalue weighted by atomic mass is 35.5. The SMILES string of the molecule is Cc1ccc2c(c1)C1(CCN(Cc3cccc(Cl)c3)CC1)CN2C(=O)CC(C)C. The van der Waals surface area contributed by atoms with Crippen molar-refractivity contribution in [1.29, 1.82) is 0 Å². The van der Waals surface area contributed by atoms with Gasteiger partial charge in [-0.15, -0.1) is 0 Å². The first-order valence-electron chi connectivity index (χ1n) is 10.7. The number of nitrogens with zero attached hydrogens (tertiary/aromatic N) is 2. The predicted molar refractivity (Wildman–Crippen MR) is 121 cm³/mol. The quantitative estimate of drug-likeness (QED) is 0.657. The Morgan fingerprint density at radius 2 is 1.90 bits per heavy atom. The molecule has 0 N–H and O–H groups in total. The molecule has 1 spiro atoms. The number of rotatable bonds is 4. The lowest BCUT2D eigenvalue weighted by molar-refractivity contribution is -0.119. The minimum absolute atomic E-state index is 0.0961. The molecule has 4 heteroatoms. The fraction of sp³-hybridized carbons (Fsp3) is 0.480. The van der Waals surface area contributed by atoms with Crippen LogP contribution in [0.1, 0.15) is 49.8 Å². The lowest BCUT2D eigenvalue weighted by atomic mass is 9.74. The van der Waals surface area contributed by atoms with E-state index >= 15 is 0 Å². The van der Waals surface area contributed by atoms with E-state index in [9.17, 15) is 4.79 Å². The number of likely N-dealkylation sites (tertiary alicyclic amines) is 1. The molecule has 154 valence electrons. The third-order valence-corrected chi connectivity index (χ3v) is 6.70. The van der Waals surface area contributed by atoms with Gasteiger partial charge in [-0.1, -0.05) is 55.3 Å². The van der Waals surface area contributed by atoms with Crippen molar-refractivity contribution in [3.05, 3.63) is 64.2 Å². The Kier molecular flexibility index (Phi) is 5.72. The fourth-order valence-electron chi connectivity index (χ4n) is 4.93. The van der Waals surface area contributed by atoms with Crippen LogP contribution in [-0.2, 0) is 16.8 Å². The Hall–Kier alpha value is -1.84. The van der Waals surface area contributed by atoms with Crippen LogP contribution in [0.4, 0.5) is 5.69 Å². The summed E-state index contributed by atoms with van der Waals surface area (Å²) in [5.74, 6) is 0.649. The minimum atomic E-state index is 0.0961. The topological polar surface area (TPSA) is 23.6 Å². The van der Waals surface area contributed by atoms with Gasteiger partial charge in [0, 0.05) is 35.6 Å². The molecule has 2 aliphatic rings. The average molecular weight is 411 g/mol. The largest absolute Gasteiger partial charge is 0.311 e. The van der Waals surface area contributed by atoms with Gasteiger partial charge in [0.05, 0.1) is 0 Å². The molecular formula is C25H31ClN2O. The van der Waals surface area contributed by atoms with Gasteiger partial charge < -0.3 is 4.90 Å². The Morgan fingerprint density at radius 1 is 1.14 bits per heavy atom. The van der Waals surface area contributed by atoms with Gasteiger partial charge in [0.1, 0.15) is 0 Å². The molecular weight excluding hydrogens is 380 g/mol. The maximum absolute atomic E-state index is 13.0. The molecule has 29 heavy (non-hydrogen) atoms. The minimum Gasteiger partial charge on any atom is -0.311 e. The smallest absolute Gasteiger partial charge is 0.227 e. The second-order valence-corrected chi connectivity index (χ2v) is 9.72. The summed E-state index contributed by atoms with van der Waals surface area (Å²) in [6.07, 6.45) is 2.80. The number of anilines is 1. The van der Waals surface area contributed by atoms with Gasteiger partial charge in [0.25, 0.3) is 0 Å². The van der Waals surface area contributed by atoms with Gasteiger partial charge in [-0.2, -0.15) is 0 Å². The van der Waals surface area contributed by atoms with Crippen molar-refractivity contribution in [2.45, 2.75) is 52.0 Å². The van der Waals surface area contributed by atoms with Crippen molar-refractivity contribution in [1.82, 2.24) is 4.90 Å². The molecule has 1 saturated heterocycles. The normalized spacial score (nSPS) is 18.4. The van der Waals surface area contributed by atoms with Crippen molar-refractivity contribution in [3.8, 4) is 0 Å². The van der Waals surface area contributed by atoms with Gasteiger partial charge in [0.15, 0.2) is 0 Å². The summed E-state index contributed by atoms with van der Waals surface area (Å²) < 4.78 is 0. The standard InChI is InChI=1S/C25H31ClN2O/c1-18(2)13-24(29)28-17-25(22-14-19(3)7-8-23(22)28)9-11-27(12-10-25)16-20-5-4-6-21(26)15-20/h4-8,14-15,18H,9-13,16-17H2,1-3H3. The molecule has 3 nitrogen and oxygen atoms in total. The molecule has 0 aliphatic carbocycles. The van der Waals surface area contributed by atoms with Crippen LogP contribution in [0.15, 0.2) is 42.5 Å². The van der Waals surface area contributed by atoms with Crippen LogP contribution in [0.2, 0.25) is 5.02 Å². The second kappa shape index (κ2) is 8.12. The molecule has 0 aromatic heterocycles. The van der Waals surface area contributed by atoms with E-state index in [-0.39, 0.29) is 11.3 Å². The molecule has 0 bridgehead atoms. The summed E-state index contributed by atoms with van der Waals surface area (Å²) in [5, 5.41) is 0.801. The number of aryl methyl sites for hydroxylation is 1. The number of carbonyl (C=O) groups is 1. The van der Waals surface area contributed by atoms with Crippen LogP contribution in [0, 0.1) is 12.8 Å². The molecule has 2 heterocycles. The van der Waals surface area contributed by atoms with Crippen molar-refractivity contribution in [2.75, 3.05) is 24.5 Å². The lowest BCUT2D eigenvalue weighted by Crippen LogP contribution is -2.45. The maximum atomic E-state index is 13.0. The number of amides is 1. The van der Waals surface area contributed by atoms with E-state index in [0.717, 1.165) is 49.7 Å². The van der Waals surface area contributed by atoms with Gasteiger partial charge in [0.2, 0.25) is 5.91 Å². The van der Waals surface area contributed by atoms with Crippen molar-refractivity contribution >= 4 is 23.2 Å². The Balaban J connectivity index is 1.53. The van der Waals surface area contributed by atoms with E-state index in [1.54, 1.807) is 0 Å². The van der Waals surface area contributed by atoms with Crippen LogP contribution < -0.4 is 4.90 Å². The molecule has 4 rings (SSSR count). The third kappa shape index (κ3) is 4.22. The summed E-state index contributed by atoms with van der Waals surface area (Å²) in [4.78, 5) is 17.6. The average Bonchev–Trinajstić information content (AvgIpc) is 2.97. The highest BCUT2D eigenvalue weighted by molar-refractivity contribution is 6.30. The number of carbonyl (C=O) groups excluding carboxylic acids is 1. The summed E-state index contributed by atoms with van der Waals surface area (Å²) in [6.45, 7) is 10.3. The Labute approximate surface area is 179 Å². The highest BCUT2D eigenvalue weighted by Gasteiger charge is 2.46. The van der Waals surface area contributed by atoms with E-state index in [1.165, 1.54) is 16.7 Å². The lowest BCUT2D eigenvalue weighted by Gasteiger charge is -2.40. The fourth-order valence-corrected chi connectivity index (χ4v) is 5.14. The van der Waals surface area contributed by atoms with Gasteiger partial charge >= 0.3 is 0 Å². The van der Waals surface area contributed by atoms with Crippen LogP contribution >= 0.6 is 11.6 Å². The van der Waals surface area contributed by atoms with Gasteiger partial charge in [-0.05, 0) is 68.1 Å². The number of hydrogen-bond donors (Lipinski definition) is 0. The molecule has 1 amide bonds. The van der Waals surface area contributed by atoms with Gasteiger partial charge in [-0.25, -0.2) is 0 Å². The molecule has 2 aromatic carbocycles. The van der Waals surface area contributed by atoms with Crippen LogP contribution in [0.5, 0.6) is 0 Å². The molecule has 0 saturated carbocycles. The summed E-state index contributed by atoms with van der Waals surface area (Å²) in [5.41, 5.74) is 5.17. The second-order valence-electron chi connectivity index (χ2n) is 9.28. The van der Waals surface area contributed by atoms with Crippen LogP contribution in [0.25, 0.3) is 0 Å². The van der Waals surface area contributed by atoms with Gasteiger partial charge in [-0.3, -0.25) is 9.69 Å². The summed E-state index contributed by atoms with van der Waals surface area (Å²) >= 11 is 6.16. The molecule has 1 fully saturated rings. The van der Waals surface area contributed by atoms with Crippen molar-refractivity contribution in [2.24, 2.45) is 5.92 Å². The summed E-state index contributed by atoms with van der Waals surface area (Å²) in [6, 6.07) is 14.8. The third-order valence-electron chi connectivity index (χ3n) is 6.47. The molecule has 2 aliphatic heterocycles. The number of benzene rings is 2. The number of piperidine rings is 1. The molecule has 0 unspecified atom stereocenters. The van der Waals surface area contributed by atoms with E-state index in [2.05, 4.69) is 60.9 Å². The van der Waals surface area contributed by atoms with Crippen LogP contribution in [-0.4, -0.2) is 30.4 Å². The first-order chi connectivity index (χ1) is 13.9. The van der Waals surface area contributed by atoms with E-state index in [0.29, 0.717) is 12.3 Å². The number of fused-ring (bicyclic) bond motifs is 2. The monoisotopic (exact) mass is 410 g/mol. The zero-order valence-electron chi connectivity index (χ0n) is 17.7. The molecule has 0 atom stereocenters. The highest BCUT2D eigenvalue weighted by Crippen LogP contribution is 2.47. The zero-order valence-corrected chi connectivity index (χ0v) is 18.5. The van der Waals surface area contributed by atoms with Crippen molar-refractivity contribution < 1.29 is 4.79 Å². The summed E-state index contributed by atoms with van der Waals surface area (Å²) in [7, 11) is 0. The first kappa shape index (κ1) is 20.4. The number of halogens is 1. The zero-order chi connectivity index (χ0) is 20.6. The number of hydrogen-bond acceptors (Lipinski definition) is 2. The van der Waals surface area contributed by atoms with Crippen molar-refractivity contribution in [3.63, 3.8) is 0 Å². The van der Waals surface area contributed by atoms with E-state index in [1.807, 2.05) is 12.1 Å².